The molecule has 0 rings (SSSR count). The standard InChI is InChI=1S/C13H22O2/c1-11(2)7-6-9-12(3)8-4-5-10-13(14)15/h7-8H,4-6,9-10H2,1-3H3,(H,14,15)/b12-8+. The van der Waals surface area contributed by atoms with Crippen molar-refractivity contribution >= 4 is 5.97 Å². The molecule has 0 aliphatic heterocycles. The summed E-state index contributed by atoms with van der Waals surface area (Å²) in [5.41, 5.74) is 2.71. The second kappa shape index (κ2) is 8.27. The third-order valence-electron chi connectivity index (χ3n) is 2.18. The Kier molecular flexibility index (Phi) is 7.69. The summed E-state index contributed by atoms with van der Waals surface area (Å²) in [6, 6.07) is 0. The smallest absolute Gasteiger partial charge is 0.303 e. The van der Waals surface area contributed by atoms with Crippen LogP contribution in [0.15, 0.2) is 23.3 Å². The summed E-state index contributed by atoms with van der Waals surface area (Å²) in [6.45, 7) is 6.32. The first-order chi connectivity index (χ1) is 7.02. The zero-order chi connectivity index (χ0) is 11.7. The van der Waals surface area contributed by atoms with Gasteiger partial charge in [0.1, 0.15) is 0 Å². The Morgan fingerprint density at radius 1 is 1.07 bits per heavy atom. The van der Waals surface area contributed by atoms with Crippen molar-refractivity contribution in [2.75, 3.05) is 0 Å². The number of carboxylic acids is 1. The van der Waals surface area contributed by atoms with E-state index in [0.29, 0.717) is 0 Å². The summed E-state index contributed by atoms with van der Waals surface area (Å²) in [5.74, 6) is -0.703. The SMILES string of the molecule is CC(C)=CCC/C(C)=C/CCCC(=O)O. The lowest BCUT2D eigenvalue weighted by molar-refractivity contribution is -0.137. The molecule has 0 spiro atoms. The van der Waals surface area contributed by atoms with Crippen LogP contribution in [0.3, 0.4) is 0 Å². The van der Waals surface area contributed by atoms with Crippen molar-refractivity contribution in [3.05, 3.63) is 23.3 Å². The Labute approximate surface area is 92.7 Å². The van der Waals surface area contributed by atoms with Gasteiger partial charge in [0.05, 0.1) is 0 Å². The molecule has 0 heterocycles. The molecular formula is C13H22O2. The first kappa shape index (κ1) is 13.9. The fourth-order valence-corrected chi connectivity index (χ4v) is 1.29. The predicted octanol–water partition coefficient (Wildman–Crippen LogP) is 3.93. The van der Waals surface area contributed by atoms with E-state index in [0.717, 1.165) is 25.7 Å². The summed E-state index contributed by atoms with van der Waals surface area (Å²) in [6.07, 6.45) is 8.46. The van der Waals surface area contributed by atoms with Crippen LogP contribution in [0.4, 0.5) is 0 Å². The van der Waals surface area contributed by atoms with Crippen molar-refractivity contribution < 1.29 is 9.90 Å². The van der Waals surface area contributed by atoms with E-state index in [4.69, 9.17) is 5.11 Å². The van der Waals surface area contributed by atoms with Gasteiger partial charge in [0, 0.05) is 6.42 Å². The Bertz CT molecular complexity index is 245. The highest BCUT2D eigenvalue weighted by Crippen LogP contribution is 2.09. The quantitative estimate of drug-likeness (QED) is 0.510. The van der Waals surface area contributed by atoms with Gasteiger partial charge in [-0.15, -0.1) is 0 Å². The largest absolute Gasteiger partial charge is 0.481 e. The zero-order valence-electron chi connectivity index (χ0n) is 10.0. The topological polar surface area (TPSA) is 37.3 Å². The van der Waals surface area contributed by atoms with Gasteiger partial charge in [0.15, 0.2) is 0 Å². The molecule has 0 aromatic carbocycles. The molecule has 15 heavy (non-hydrogen) atoms. The molecule has 0 aromatic heterocycles. The average molecular weight is 210 g/mol. The van der Waals surface area contributed by atoms with Gasteiger partial charge < -0.3 is 5.11 Å². The van der Waals surface area contributed by atoms with E-state index < -0.39 is 5.97 Å². The van der Waals surface area contributed by atoms with E-state index in [1.54, 1.807) is 0 Å². The number of unbranched alkanes of at least 4 members (excludes halogenated alkanes) is 1. The van der Waals surface area contributed by atoms with Crippen molar-refractivity contribution in [1.82, 2.24) is 0 Å². The molecule has 0 aromatic rings. The molecule has 0 fully saturated rings. The first-order valence-corrected chi connectivity index (χ1v) is 5.53. The van der Waals surface area contributed by atoms with E-state index in [1.165, 1.54) is 11.1 Å². The van der Waals surface area contributed by atoms with Gasteiger partial charge in [-0.1, -0.05) is 23.3 Å². The first-order valence-electron chi connectivity index (χ1n) is 5.53. The van der Waals surface area contributed by atoms with Crippen LogP contribution in [0.25, 0.3) is 0 Å². The lowest BCUT2D eigenvalue weighted by atomic mass is 10.1. The molecule has 2 heteroatoms. The maximum Gasteiger partial charge on any atom is 0.303 e. The number of hydrogen-bond donors (Lipinski definition) is 1. The predicted molar refractivity (Wildman–Crippen MR) is 63.9 cm³/mol. The third-order valence-corrected chi connectivity index (χ3v) is 2.18. The normalized spacial score (nSPS) is 11.3. The Balaban J connectivity index is 3.61. The molecule has 0 aliphatic rings. The zero-order valence-corrected chi connectivity index (χ0v) is 10.0. The number of allylic oxidation sites excluding steroid dienone is 4. The number of carboxylic acid groups (broad SMARTS) is 1. The third kappa shape index (κ3) is 10.9. The summed E-state index contributed by atoms with van der Waals surface area (Å²) in [7, 11) is 0. The molecule has 1 N–H and O–H groups in total. The molecule has 2 nitrogen and oxygen atoms in total. The van der Waals surface area contributed by atoms with Crippen molar-refractivity contribution in [2.45, 2.75) is 52.9 Å². The lowest BCUT2D eigenvalue weighted by Crippen LogP contribution is -1.92. The van der Waals surface area contributed by atoms with Gasteiger partial charge in [-0.3, -0.25) is 4.79 Å². The van der Waals surface area contributed by atoms with Crippen LogP contribution < -0.4 is 0 Å². The van der Waals surface area contributed by atoms with Crippen LogP contribution in [0.2, 0.25) is 0 Å². The Morgan fingerprint density at radius 2 is 1.73 bits per heavy atom. The summed E-state index contributed by atoms with van der Waals surface area (Å²) in [5, 5.41) is 8.45. The highest BCUT2D eigenvalue weighted by atomic mass is 16.4. The van der Waals surface area contributed by atoms with Gasteiger partial charge in [0.25, 0.3) is 0 Å². The van der Waals surface area contributed by atoms with Crippen molar-refractivity contribution in [3.63, 3.8) is 0 Å². The van der Waals surface area contributed by atoms with Gasteiger partial charge >= 0.3 is 5.97 Å². The summed E-state index contributed by atoms with van der Waals surface area (Å²) < 4.78 is 0. The van der Waals surface area contributed by atoms with Crippen molar-refractivity contribution in [2.24, 2.45) is 0 Å². The summed E-state index contributed by atoms with van der Waals surface area (Å²) in [4.78, 5) is 10.3. The van der Waals surface area contributed by atoms with E-state index in [2.05, 4.69) is 32.9 Å². The van der Waals surface area contributed by atoms with Crippen LogP contribution in [0.5, 0.6) is 0 Å². The number of aliphatic carboxylic acids is 1. The highest BCUT2D eigenvalue weighted by Gasteiger charge is 1.94. The van der Waals surface area contributed by atoms with E-state index >= 15 is 0 Å². The maximum absolute atomic E-state index is 10.3. The minimum absolute atomic E-state index is 0.276. The molecule has 0 amide bonds. The van der Waals surface area contributed by atoms with Gasteiger partial charge in [-0.05, 0) is 46.5 Å². The maximum atomic E-state index is 10.3. The Morgan fingerprint density at radius 3 is 2.27 bits per heavy atom. The molecule has 0 saturated heterocycles. The Hall–Kier alpha value is -1.05. The van der Waals surface area contributed by atoms with E-state index in [1.807, 2.05) is 0 Å². The van der Waals surface area contributed by atoms with Gasteiger partial charge in [-0.25, -0.2) is 0 Å². The van der Waals surface area contributed by atoms with Gasteiger partial charge in [-0.2, -0.15) is 0 Å². The summed E-state index contributed by atoms with van der Waals surface area (Å²) >= 11 is 0. The van der Waals surface area contributed by atoms with Gasteiger partial charge in [0.2, 0.25) is 0 Å². The minimum atomic E-state index is -0.703. The number of carbonyl (C=O) groups is 1. The average Bonchev–Trinajstić information content (AvgIpc) is 2.11. The number of hydrogen-bond acceptors (Lipinski definition) is 1. The second-order valence-corrected chi connectivity index (χ2v) is 4.16. The van der Waals surface area contributed by atoms with E-state index in [-0.39, 0.29) is 6.42 Å². The molecule has 0 unspecified atom stereocenters. The molecular weight excluding hydrogens is 188 g/mol. The molecule has 0 saturated carbocycles. The monoisotopic (exact) mass is 210 g/mol. The molecule has 0 radical (unpaired) electrons. The second-order valence-electron chi connectivity index (χ2n) is 4.16. The minimum Gasteiger partial charge on any atom is -0.481 e. The molecule has 86 valence electrons. The van der Waals surface area contributed by atoms with Crippen molar-refractivity contribution in [3.8, 4) is 0 Å². The van der Waals surface area contributed by atoms with Crippen LogP contribution >= 0.6 is 0 Å². The molecule has 0 atom stereocenters. The fraction of sp³-hybridized carbons (Fsp3) is 0.615. The van der Waals surface area contributed by atoms with Crippen LogP contribution in [0, 0.1) is 0 Å². The fourth-order valence-electron chi connectivity index (χ4n) is 1.29. The molecule has 0 bridgehead atoms. The van der Waals surface area contributed by atoms with Crippen molar-refractivity contribution in [1.29, 1.82) is 0 Å². The lowest BCUT2D eigenvalue weighted by Gasteiger charge is -1.99. The van der Waals surface area contributed by atoms with Crippen LogP contribution in [-0.4, -0.2) is 11.1 Å². The molecule has 0 aliphatic carbocycles. The van der Waals surface area contributed by atoms with Crippen LogP contribution in [-0.2, 0) is 4.79 Å². The number of rotatable bonds is 7. The van der Waals surface area contributed by atoms with E-state index in [9.17, 15) is 4.79 Å². The van der Waals surface area contributed by atoms with Crippen LogP contribution in [0.1, 0.15) is 52.9 Å². The highest BCUT2D eigenvalue weighted by molar-refractivity contribution is 5.66.